The predicted octanol–water partition coefficient (Wildman–Crippen LogP) is 1.98. The number of hydrogen-bond acceptors (Lipinski definition) is 6. The molecule has 1 heterocycles. The number of hydroxylamine groups is 1. The normalized spacial score (nSPS) is 33.7. The standard InChI is InChI=1S/C22H29ClFN3O5/c1-13-8-15(32-27-13)10-19(29)25-21-4-6-22(7-5-21,18(28)11-21)26-20(30)12-31-14-2-3-16(23)17(24)9-14/h2-3,9,13,15,18,27-28H,4-8,10-12H2,1H3,(H,25,29)(H,26,30). The van der Waals surface area contributed by atoms with Crippen molar-refractivity contribution in [2.45, 2.75) is 81.2 Å². The molecule has 0 spiro atoms. The van der Waals surface area contributed by atoms with Crippen LogP contribution in [-0.2, 0) is 14.4 Å². The van der Waals surface area contributed by atoms with Gasteiger partial charge >= 0.3 is 0 Å². The summed E-state index contributed by atoms with van der Waals surface area (Å²) in [5, 5.41) is 16.9. The Kier molecular flexibility index (Phi) is 6.63. The van der Waals surface area contributed by atoms with Crippen LogP contribution in [0.4, 0.5) is 4.39 Å². The van der Waals surface area contributed by atoms with E-state index < -0.39 is 28.9 Å². The average molecular weight is 470 g/mol. The van der Waals surface area contributed by atoms with Gasteiger partial charge in [0.05, 0.1) is 29.2 Å². The second kappa shape index (κ2) is 9.13. The Labute approximate surface area is 191 Å². The summed E-state index contributed by atoms with van der Waals surface area (Å²) in [7, 11) is 0. The molecule has 2 bridgehead atoms. The summed E-state index contributed by atoms with van der Waals surface area (Å²) >= 11 is 5.65. The van der Waals surface area contributed by atoms with Crippen LogP contribution >= 0.6 is 11.6 Å². The number of hydrogen-bond donors (Lipinski definition) is 4. The lowest BCUT2D eigenvalue weighted by atomic mass is 9.60. The third kappa shape index (κ3) is 5.01. The van der Waals surface area contributed by atoms with Gasteiger partial charge in [-0.15, -0.1) is 0 Å². The predicted molar refractivity (Wildman–Crippen MR) is 114 cm³/mol. The number of rotatable bonds is 7. The summed E-state index contributed by atoms with van der Waals surface area (Å²) in [6.45, 7) is 1.70. The van der Waals surface area contributed by atoms with Gasteiger partial charge in [0.15, 0.2) is 6.61 Å². The van der Waals surface area contributed by atoms with Crippen LogP contribution in [0.2, 0.25) is 5.02 Å². The van der Waals surface area contributed by atoms with E-state index in [-0.39, 0.29) is 41.9 Å². The largest absolute Gasteiger partial charge is 0.484 e. The fourth-order valence-corrected chi connectivity index (χ4v) is 5.19. The molecule has 3 saturated carbocycles. The number of fused-ring (bicyclic) bond motifs is 3. The zero-order valence-corrected chi connectivity index (χ0v) is 18.7. The number of carbonyl (C=O) groups is 2. The van der Waals surface area contributed by atoms with Crippen LogP contribution in [0.5, 0.6) is 5.75 Å². The Bertz CT molecular complexity index is 877. The van der Waals surface area contributed by atoms with Crippen LogP contribution in [0.15, 0.2) is 18.2 Å². The van der Waals surface area contributed by atoms with Crippen molar-refractivity contribution >= 4 is 23.4 Å². The number of benzene rings is 1. The maximum Gasteiger partial charge on any atom is 0.258 e. The minimum absolute atomic E-state index is 0.0224. The fourth-order valence-electron chi connectivity index (χ4n) is 5.07. The van der Waals surface area contributed by atoms with Gasteiger partial charge in [0.1, 0.15) is 11.6 Å². The molecule has 3 unspecified atom stereocenters. The molecule has 1 saturated heterocycles. The quantitative estimate of drug-likeness (QED) is 0.486. The molecule has 0 radical (unpaired) electrons. The summed E-state index contributed by atoms with van der Waals surface area (Å²) in [6, 6.07) is 4.19. The van der Waals surface area contributed by atoms with Crippen molar-refractivity contribution in [1.82, 2.24) is 16.1 Å². The van der Waals surface area contributed by atoms with Crippen LogP contribution in [0, 0.1) is 5.82 Å². The molecule has 176 valence electrons. The molecule has 10 heteroatoms. The summed E-state index contributed by atoms with van der Waals surface area (Å²) in [5.41, 5.74) is 1.67. The van der Waals surface area contributed by atoms with E-state index in [2.05, 4.69) is 16.1 Å². The summed E-state index contributed by atoms with van der Waals surface area (Å²) in [5.74, 6) is -0.898. The van der Waals surface area contributed by atoms with E-state index in [9.17, 15) is 19.1 Å². The van der Waals surface area contributed by atoms with Gasteiger partial charge in [-0.3, -0.25) is 14.4 Å². The Hall–Kier alpha value is -1.94. The first-order valence-corrected chi connectivity index (χ1v) is 11.4. The van der Waals surface area contributed by atoms with Crippen molar-refractivity contribution in [2.24, 2.45) is 0 Å². The summed E-state index contributed by atoms with van der Waals surface area (Å²) in [4.78, 5) is 30.4. The van der Waals surface area contributed by atoms with Crippen molar-refractivity contribution < 1.29 is 28.7 Å². The molecule has 5 rings (SSSR count). The Morgan fingerprint density at radius 2 is 2.03 bits per heavy atom. The second-order valence-electron chi connectivity index (χ2n) is 9.32. The van der Waals surface area contributed by atoms with Crippen molar-refractivity contribution in [3.8, 4) is 5.75 Å². The number of nitrogens with one attached hydrogen (secondary N) is 3. The molecule has 1 aromatic carbocycles. The molecule has 2 amide bonds. The molecule has 3 atom stereocenters. The van der Waals surface area contributed by atoms with Crippen molar-refractivity contribution in [1.29, 1.82) is 0 Å². The number of aliphatic hydroxyl groups is 1. The van der Waals surface area contributed by atoms with Gasteiger partial charge in [0.2, 0.25) is 5.91 Å². The van der Waals surface area contributed by atoms with E-state index in [1.165, 1.54) is 12.1 Å². The highest BCUT2D eigenvalue weighted by molar-refractivity contribution is 6.30. The zero-order valence-electron chi connectivity index (χ0n) is 18.0. The van der Waals surface area contributed by atoms with E-state index in [4.69, 9.17) is 21.2 Å². The van der Waals surface area contributed by atoms with Crippen LogP contribution in [0.1, 0.15) is 51.9 Å². The van der Waals surface area contributed by atoms with E-state index in [1.807, 2.05) is 6.92 Å². The Balaban J connectivity index is 1.28. The topological polar surface area (TPSA) is 109 Å². The molecular weight excluding hydrogens is 441 g/mol. The molecule has 8 nitrogen and oxygen atoms in total. The van der Waals surface area contributed by atoms with Gasteiger partial charge < -0.3 is 20.5 Å². The van der Waals surface area contributed by atoms with E-state index in [0.29, 0.717) is 32.1 Å². The molecule has 1 aromatic rings. The van der Waals surface area contributed by atoms with Gasteiger partial charge in [-0.05, 0) is 57.6 Å². The first-order chi connectivity index (χ1) is 15.2. The maximum absolute atomic E-state index is 13.5. The number of aliphatic hydroxyl groups excluding tert-OH is 1. The van der Waals surface area contributed by atoms with Gasteiger partial charge in [-0.2, -0.15) is 5.48 Å². The molecule has 4 aliphatic rings. The number of ether oxygens (including phenoxy) is 1. The molecule has 3 aliphatic carbocycles. The molecule has 4 N–H and O–H groups in total. The highest BCUT2D eigenvalue weighted by atomic mass is 35.5. The third-order valence-electron chi connectivity index (χ3n) is 6.84. The van der Waals surface area contributed by atoms with Crippen LogP contribution < -0.4 is 20.9 Å². The number of amides is 2. The highest BCUT2D eigenvalue weighted by Crippen LogP contribution is 2.47. The van der Waals surface area contributed by atoms with Crippen molar-refractivity contribution in [3.63, 3.8) is 0 Å². The van der Waals surface area contributed by atoms with E-state index in [1.54, 1.807) is 0 Å². The van der Waals surface area contributed by atoms with Crippen LogP contribution in [0.3, 0.4) is 0 Å². The lowest BCUT2D eigenvalue weighted by Gasteiger charge is -2.56. The molecule has 0 aromatic heterocycles. The van der Waals surface area contributed by atoms with E-state index >= 15 is 0 Å². The molecule has 4 fully saturated rings. The SMILES string of the molecule is CC1CC(CC(=O)NC23CCC(NC(=O)COc4ccc(Cl)c(F)c4)(CC2)C(O)C3)ON1. The number of carbonyl (C=O) groups excluding carboxylic acids is 2. The second-order valence-corrected chi connectivity index (χ2v) is 9.72. The van der Waals surface area contributed by atoms with E-state index in [0.717, 1.165) is 12.5 Å². The number of halogens is 2. The Morgan fingerprint density at radius 3 is 2.66 bits per heavy atom. The first-order valence-electron chi connectivity index (χ1n) is 11.0. The van der Waals surface area contributed by atoms with Gasteiger partial charge in [-0.1, -0.05) is 11.6 Å². The fraction of sp³-hybridized carbons (Fsp3) is 0.636. The van der Waals surface area contributed by atoms with Crippen LogP contribution in [-0.4, -0.2) is 52.9 Å². The first kappa shape index (κ1) is 23.2. The molecule has 32 heavy (non-hydrogen) atoms. The van der Waals surface area contributed by atoms with Crippen molar-refractivity contribution in [3.05, 3.63) is 29.0 Å². The highest BCUT2D eigenvalue weighted by Gasteiger charge is 2.55. The minimum atomic E-state index is -0.786. The smallest absolute Gasteiger partial charge is 0.258 e. The van der Waals surface area contributed by atoms with Gasteiger partial charge in [0, 0.05) is 17.6 Å². The lowest BCUT2D eigenvalue weighted by molar-refractivity contribution is -0.137. The van der Waals surface area contributed by atoms with Gasteiger partial charge in [0.25, 0.3) is 5.91 Å². The van der Waals surface area contributed by atoms with Gasteiger partial charge in [-0.25, -0.2) is 4.39 Å². The Morgan fingerprint density at radius 1 is 1.28 bits per heavy atom. The summed E-state index contributed by atoms with van der Waals surface area (Å²) in [6.07, 6.45) is 2.93. The summed E-state index contributed by atoms with van der Waals surface area (Å²) < 4.78 is 18.9. The maximum atomic E-state index is 13.5. The average Bonchev–Trinajstić information content (AvgIpc) is 3.14. The molecular formula is C22H29ClFN3O5. The minimum Gasteiger partial charge on any atom is -0.484 e. The lowest BCUT2D eigenvalue weighted by Crippen LogP contribution is -2.70. The molecule has 1 aliphatic heterocycles. The van der Waals surface area contributed by atoms with Crippen LogP contribution in [0.25, 0.3) is 0 Å². The zero-order chi connectivity index (χ0) is 22.9. The third-order valence-corrected chi connectivity index (χ3v) is 7.15. The monoisotopic (exact) mass is 469 g/mol. The van der Waals surface area contributed by atoms with Crippen molar-refractivity contribution in [2.75, 3.05) is 6.61 Å².